The summed E-state index contributed by atoms with van der Waals surface area (Å²) in [6.07, 6.45) is 3.86. The number of carbonyl (C=O) groups excluding carboxylic acids is 2. The van der Waals surface area contributed by atoms with E-state index in [1.54, 1.807) is 43.3 Å². The Labute approximate surface area is 256 Å². The van der Waals surface area contributed by atoms with Crippen molar-refractivity contribution in [2.45, 2.75) is 63.1 Å². The summed E-state index contributed by atoms with van der Waals surface area (Å²) in [6.45, 7) is 2.95. The van der Waals surface area contributed by atoms with Crippen LogP contribution in [0.3, 0.4) is 0 Å². The highest BCUT2D eigenvalue weighted by Gasteiger charge is 2.34. The lowest BCUT2D eigenvalue weighted by Crippen LogP contribution is -2.52. The molecule has 7 nitrogen and oxygen atoms in total. The molecule has 11 heteroatoms. The van der Waals surface area contributed by atoms with Crippen molar-refractivity contribution in [2.24, 2.45) is 0 Å². The summed E-state index contributed by atoms with van der Waals surface area (Å²) in [7, 11) is -4.26. The molecule has 1 fully saturated rings. The predicted octanol–water partition coefficient (Wildman–Crippen LogP) is 6.63. The molecule has 4 rings (SSSR count). The van der Waals surface area contributed by atoms with Crippen LogP contribution in [0, 0.1) is 6.92 Å². The third-order valence-corrected chi connectivity index (χ3v) is 9.78. The van der Waals surface area contributed by atoms with Crippen LogP contribution in [0.2, 0.25) is 15.1 Å². The number of hydrogen-bond acceptors (Lipinski definition) is 4. The number of sulfonamides is 1. The summed E-state index contributed by atoms with van der Waals surface area (Å²) < 4.78 is 28.9. The molecule has 1 saturated carbocycles. The number of carbonyl (C=O) groups is 2. The van der Waals surface area contributed by atoms with Crippen LogP contribution in [-0.4, -0.2) is 43.8 Å². The summed E-state index contributed by atoms with van der Waals surface area (Å²) in [4.78, 5) is 28.7. The first-order valence-electron chi connectivity index (χ1n) is 13.3. The molecule has 0 radical (unpaired) electrons. The molecule has 2 amide bonds. The second-order valence-electron chi connectivity index (χ2n) is 10.2. The second-order valence-corrected chi connectivity index (χ2v) is 13.4. The van der Waals surface area contributed by atoms with E-state index in [9.17, 15) is 18.0 Å². The SMILES string of the molecule is Cc1ccc(S(=O)(=O)N(CC(=O)N(Cc2ccc(Cl)cc2)[C@@H](C)C(=O)NC2CCCC2)c2cc(Cl)ccc2Cl)cc1. The first kappa shape index (κ1) is 31.2. The lowest BCUT2D eigenvalue weighted by atomic mass is 10.1. The number of nitrogens with zero attached hydrogens (tertiary/aromatic N) is 2. The van der Waals surface area contributed by atoms with E-state index < -0.39 is 28.5 Å². The van der Waals surface area contributed by atoms with Crippen LogP contribution in [0.15, 0.2) is 71.6 Å². The zero-order valence-electron chi connectivity index (χ0n) is 22.8. The Balaban J connectivity index is 1.71. The van der Waals surface area contributed by atoms with Crippen LogP contribution in [0.5, 0.6) is 0 Å². The molecule has 0 heterocycles. The molecular formula is C30H32Cl3N3O4S. The van der Waals surface area contributed by atoms with E-state index in [0.29, 0.717) is 5.02 Å². The molecule has 1 atom stereocenters. The Bertz CT molecular complexity index is 1490. The van der Waals surface area contributed by atoms with Crippen molar-refractivity contribution in [3.05, 3.63) is 92.9 Å². The molecule has 1 N–H and O–H groups in total. The van der Waals surface area contributed by atoms with Crippen molar-refractivity contribution in [3.8, 4) is 0 Å². The van der Waals surface area contributed by atoms with Gasteiger partial charge >= 0.3 is 0 Å². The summed E-state index contributed by atoms with van der Waals surface area (Å²) >= 11 is 18.7. The molecule has 1 aliphatic carbocycles. The second kappa shape index (κ2) is 13.5. The van der Waals surface area contributed by atoms with Gasteiger partial charge in [0.2, 0.25) is 11.8 Å². The highest BCUT2D eigenvalue weighted by Crippen LogP contribution is 2.33. The maximum absolute atomic E-state index is 14.0. The highest BCUT2D eigenvalue weighted by atomic mass is 35.5. The number of aryl methyl sites for hydroxylation is 1. The fraction of sp³-hybridized carbons (Fsp3) is 0.333. The maximum atomic E-state index is 14.0. The molecule has 0 bridgehead atoms. The quantitative estimate of drug-likeness (QED) is 0.271. The van der Waals surface area contributed by atoms with Crippen molar-refractivity contribution < 1.29 is 18.0 Å². The van der Waals surface area contributed by atoms with E-state index in [0.717, 1.165) is 41.1 Å². The third kappa shape index (κ3) is 7.74. The van der Waals surface area contributed by atoms with Crippen molar-refractivity contribution in [2.75, 3.05) is 10.8 Å². The number of halogens is 3. The normalized spacial score (nSPS) is 14.5. The summed E-state index contributed by atoms with van der Waals surface area (Å²) in [5.41, 5.74) is 1.67. The van der Waals surface area contributed by atoms with Crippen LogP contribution in [-0.2, 0) is 26.2 Å². The average molecular weight is 637 g/mol. The van der Waals surface area contributed by atoms with E-state index in [4.69, 9.17) is 34.8 Å². The van der Waals surface area contributed by atoms with Crippen LogP contribution >= 0.6 is 34.8 Å². The van der Waals surface area contributed by atoms with Gasteiger partial charge in [-0.05, 0) is 74.7 Å². The smallest absolute Gasteiger partial charge is 0.264 e. The van der Waals surface area contributed by atoms with E-state index in [1.165, 1.54) is 35.2 Å². The highest BCUT2D eigenvalue weighted by molar-refractivity contribution is 7.92. The van der Waals surface area contributed by atoms with Crippen molar-refractivity contribution in [1.29, 1.82) is 0 Å². The maximum Gasteiger partial charge on any atom is 0.264 e. The summed E-state index contributed by atoms with van der Waals surface area (Å²) in [6, 6.07) is 16.8. The number of nitrogens with one attached hydrogen (secondary N) is 1. The van der Waals surface area contributed by atoms with Gasteiger partial charge in [-0.15, -0.1) is 0 Å². The van der Waals surface area contributed by atoms with Crippen LogP contribution in [0.1, 0.15) is 43.7 Å². The van der Waals surface area contributed by atoms with Gasteiger partial charge in [0, 0.05) is 22.6 Å². The van der Waals surface area contributed by atoms with Crippen molar-refractivity contribution in [3.63, 3.8) is 0 Å². The van der Waals surface area contributed by atoms with E-state index in [2.05, 4.69) is 5.32 Å². The fourth-order valence-corrected chi connectivity index (χ4v) is 6.78. The van der Waals surface area contributed by atoms with Crippen LogP contribution in [0.25, 0.3) is 0 Å². The molecule has 0 aromatic heterocycles. The molecular weight excluding hydrogens is 605 g/mol. The first-order chi connectivity index (χ1) is 19.5. The number of rotatable bonds is 10. The predicted molar refractivity (Wildman–Crippen MR) is 164 cm³/mol. The van der Waals surface area contributed by atoms with E-state index in [1.807, 2.05) is 6.92 Å². The fourth-order valence-electron chi connectivity index (χ4n) is 4.79. The third-order valence-electron chi connectivity index (χ3n) is 7.20. The zero-order chi connectivity index (χ0) is 29.7. The van der Waals surface area contributed by atoms with Crippen molar-refractivity contribution >= 4 is 62.3 Å². The summed E-state index contributed by atoms with van der Waals surface area (Å²) in [5.74, 6) is -0.881. The number of anilines is 1. The molecule has 0 unspecified atom stereocenters. The Kier molecular flexibility index (Phi) is 10.2. The largest absolute Gasteiger partial charge is 0.352 e. The van der Waals surface area contributed by atoms with Gasteiger partial charge in [0.15, 0.2) is 0 Å². The number of hydrogen-bond donors (Lipinski definition) is 1. The Morgan fingerprint density at radius 3 is 2.17 bits per heavy atom. The standard InChI is InChI=1S/C30H32Cl3N3O4S/c1-20-7-14-26(15-8-20)41(39,40)36(28-17-24(32)13-16-27(28)33)19-29(37)35(18-22-9-11-23(31)12-10-22)21(2)30(38)34-25-5-3-4-6-25/h7-17,21,25H,3-6,18-19H2,1-2H3,(H,34,38)/t21-/m0/s1. The molecule has 3 aromatic carbocycles. The van der Waals surface area contributed by atoms with Gasteiger partial charge in [-0.25, -0.2) is 8.42 Å². The van der Waals surface area contributed by atoms with E-state index >= 15 is 0 Å². The van der Waals surface area contributed by atoms with Gasteiger partial charge in [-0.2, -0.15) is 0 Å². The van der Waals surface area contributed by atoms with Gasteiger partial charge in [0.25, 0.3) is 10.0 Å². The number of benzene rings is 3. The van der Waals surface area contributed by atoms with Gasteiger partial charge in [-0.1, -0.05) is 77.5 Å². The van der Waals surface area contributed by atoms with Gasteiger partial charge in [0.1, 0.15) is 12.6 Å². The Morgan fingerprint density at radius 2 is 1.54 bits per heavy atom. The summed E-state index contributed by atoms with van der Waals surface area (Å²) in [5, 5.41) is 3.94. The van der Waals surface area contributed by atoms with Crippen LogP contribution in [0.4, 0.5) is 5.69 Å². The zero-order valence-corrected chi connectivity index (χ0v) is 25.9. The minimum atomic E-state index is -4.26. The molecule has 1 aliphatic rings. The molecule has 0 saturated heterocycles. The minimum absolute atomic E-state index is 0.0109. The monoisotopic (exact) mass is 635 g/mol. The lowest BCUT2D eigenvalue weighted by molar-refractivity contribution is -0.139. The average Bonchev–Trinajstić information content (AvgIpc) is 3.45. The lowest BCUT2D eigenvalue weighted by Gasteiger charge is -2.32. The number of amides is 2. The molecule has 218 valence electrons. The molecule has 3 aromatic rings. The van der Waals surface area contributed by atoms with Gasteiger partial charge in [0.05, 0.1) is 15.6 Å². The Morgan fingerprint density at radius 1 is 0.927 bits per heavy atom. The van der Waals surface area contributed by atoms with Gasteiger partial charge < -0.3 is 10.2 Å². The topological polar surface area (TPSA) is 86.8 Å². The molecule has 41 heavy (non-hydrogen) atoms. The molecule has 0 aliphatic heterocycles. The van der Waals surface area contributed by atoms with Gasteiger partial charge in [-0.3, -0.25) is 13.9 Å². The van der Waals surface area contributed by atoms with Crippen molar-refractivity contribution in [1.82, 2.24) is 10.2 Å². The first-order valence-corrected chi connectivity index (χ1v) is 15.9. The Hall–Kier alpha value is -2.78. The molecule has 0 spiro atoms. The van der Waals surface area contributed by atoms with E-state index in [-0.39, 0.29) is 39.1 Å². The van der Waals surface area contributed by atoms with Crippen LogP contribution < -0.4 is 9.62 Å². The minimum Gasteiger partial charge on any atom is -0.352 e.